The highest BCUT2D eigenvalue weighted by atomic mass is 16.2. The highest BCUT2D eigenvalue weighted by Gasteiger charge is 2.22. The van der Waals surface area contributed by atoms with Crippen molar-refractivity contribution in [2.24, 2.45) is 5.92 Å². The number of rotatable bonds is 5. The Morgan fingerprint density at radius 3 is 2.76 bits per heavy atom. The minimum absolute atomic E-state index is 0.360. The van der Waals surface area contributed by atoms with Gasteiger partial charge in [-0.05, 0) is 62.9 Å². The number of likely N-dealkylation sites (tertiary alicyclic amines) is 1. The Morgan fingerprint density at radius 1 is 1.12 bits per heavy atom. The lowest BCUT2D eigenvalue weighted by Crippen LogP contribution is -2.36. The van der Waals surface area contributed by atoms with E-state index >= 15 is 0 Å². The van der Waals surface area contributed by atoms with E-state index in [-0.39, 0.29) is 0 Å². The molecule has 2 saturated heterocycles. The van der Waals surface area contributed by atoms with Crippen molar-refractivity contribution in [3.63, 3.8) is 0 Å². The normalized spacial score (nSPS) is 23.4. The fourth-order valence-corrected chi connectivity index (χ4v) is 4.12. The molecule has 3 heterocycles. The minimum Gasteiger partial charge on any atom is -0.341 e. The first-order chi connectivity index (χ1) is 12.2. The number of carbonyl (C=O) groups excluding carboxylic acids is 1. The van der Waals surface area contributed by atoms with E-state index in [0.717, 1.165) is 58.5 Å². The lowest BCUT2D eigenvalue weighted by atomic mass is 9.93. The monoisotopic (exact) mass is 344 g/mol. The Balaban J connectivity index is 1.41. The van der Waals surface area contributed by atoms with Crippen LogP contribution in [0.15, 0.2) is 24.5 Å². The zero-order chi connectivity index (χ0) is 17.5. The molecule has 2 aliphatic rings. The van der Waals surface area contributed by atoms with Gasteiger partial charge in [-0.2, -0.15) is 0 Å². The molecule has 0 bridgehead atoms. The fraction of sp³-hybridized carbons (Fsp3) is 0.700. The maximum absolute atomic E-state index is 12.6. The fourth-order valence-electron chi connectivity index (χ4n) is 4.12. The minimum atomic E-state index is 0.360. The topological polar surface area (TPSA) is 39.7 Å². The average molecular weight is 345 g/mol. The molecule has 0 spiro atoms. The summed E-state index contributed by atoms with van der Waals surface area (Å²) in [7, 11) is 2.19. The van der Waals surface area contributed by atoms with Gasteiger partial charge >= 0.3 is 0 Å². The Bertz CT molecular complexity index is 536. The van der Waals surface area contributed by atoms with Crippen LogP contribution in [-0.2, 0) is 11.3 Å². The summed E-state index contributed by atoms with van der Waals surface area (Å²) < 4.78 is 0. The predicted molar refractivity (Wildman–Crippen MR) is 100 cm³/mol. The molecule has 1 aromatic heterocycles. The molecule has 0 saturated carbocycles. The van der Waals surface area contributed by atoms with Crippen molar-refractivity contribution in [2.45, 2.75) is 38.6 Å². The second-order valence-corrected chi connectivity index (χ2v) is 7.68. The molecule has 5 heteroatoms. The SMILES string of the molecule is CN1CCCC(CCC(=O)N2CCCN(Cc3ccncc3)CC2)C1. The molecule has 1 atom stereocenters. The standard InChI is InChI=1S/C20H32N4O/c1-22-11-2-4-18(16-22)5-6-20(25)24-13-3-12-23(14-15-24)17-19-7-9-21-10-8-19/h7-10,18H,2-6,11-17H2,1H3. The van der Waals surface area contributed by atoms with Crippen molar-refractivity contribution in [2.75, 3.05) is 46.3 Å². The van der Waals surface area contributed by atoms with Crippen LogP contribution in [0.4, 0.5) is 0 Å². The van der Waals surface area contributed by atoms with E-state index in [1.807, 2.05) is 12.4 Å². The maximum atomic E-state index is 12.6. The number of amides is 1. The first kappa shape index (κ1) is 18.3. The molecule has 138 valence electrons. The van der Waals surface area contributed by atoms with Gasteiger partial charge in [-0.15, -0.1) is 0 Å². The van der Waals surface area contributed by atoms with Gasteiger partial charge in [-0.25, -0.2) is 0 Å². The first-order valence-electron chi connectivity index (χ1n) is 9.78. The molecule has 3 rings (SSSR count). The second kappa shape index (κ2) is 9.30. The Labute approximate surface area is 152 Å². The van der Waals surface area contributed by atoms with Crippen molar-refractivity contribution < 1.29 is 4.79 Å². The zero-order valence-electron chi connectivity index (χ0n) is 15.6. The molecule has 25 heavy (non-hydrogen) atoms. The predicted octanol–water partition coefficient (Wildman–Crippen LogP) is 2.24. The van der Waals surface area contributed by atoms with Gasteiger partial charge < -0.3 is 9.80 Å². The number of nitrogens with zero attached hydrogens (tertiary/aromatic N) is 4. The van der Waals surface area contributed by atoms with Crippen LogP contribution in [0.3, 0.4) is 0 Å². The first-order valence-corrected chi connectivity index (χ1v) is 9.78. The van der Waals surface area contributed by atoms with Crippen LogP contribution in [0.25, 0.3) is 0 Å². The molecule has 0 radical (unpaired) electrons. The summed E-state index contributed by atoms with van der Waals surface area (Å²) in [6, 6.07) is 4.16. The van der Waals surface area contributed by atoms with E-state index in [4.69, 9.17) is 0 Å². The number of hydrogen-bond acceptors (Lipinski definition) is 4. The summed E-state index contributed by atoms with van der Waals surface area (Å²) in [4.78, 5) is 23.7. The third kappa shape index (κ3) is 5.79. The summed E-state index contributed by atoms with van der Waals surface area (Å²) in [5.74, 6) is 1.07. The number of pyridine rings is 1. The summed E-state index contributed by atoms with van der Waals surface area (Å²) in [6.07, 6.45) is 9.13. The van der Waals surface area contributed by atoms with E-state index < -0.39 is 0 Å². The van der Waals surface area contributed by atoms with Crippen LogP contribution in [0, 0.1) is 5.92 Å². The number of aromatic nitrogens is 1. The van der Waals surface area contributed by atoms with Crippen LogP contribution >= 0.6 is 0 Å². The van der Waals surface area contributed by atoms with Crippen molar-refractivity contribution in [1.29, 1.82) is 0 Å². The quantitative estimate of drug-likeness (QED) is 0.821. The van der Waals surface area contributed by atoms with Gasteiger partial charge in [0.05, 0.1) is 0 Å². The molecule has 0 N–H and O–H groups in total. The Hall–Kier alpha value is -1.46. The lowest BCUT2D eigenvalue weighted by Gasteiger charge is -2.30. The molecule has 1 amide bonds. The lowest BCUT2D eigenvalue weighted by molar-refractivity contribution is -0.131. The van der Waals surface area contributed by atoms with Crippen LogP contribution < -0.4 is 0 Å². The molecule has 1 unspecified atom stereocenters. The van der Waals surface area contributed by atoms with Gasteiger partial charge in [-0.3, -0.25) is 14.7 Å². The van der Waals surface area contributed by atoms with Crippen LogP contribution in [0.2, 0.25) is 0 Å². The molecule has 5 nitrogen and oxygen atoms in total. The van der Waals surface area contributed by atoms with Crippen LogP contribution in [0.1, 0.15) is 37.7 Å². The van der Waals surface area contributed by atoms with Crippen molar-refractivity contribution in [1.82, 2.24) is 19.7 Å². The summed E-state index contributed by atoms with van der Waals surface area (Å²) in [5, 5.41) is 0. The van der Waals surface area contributed by atoms with Gasteiger partial charge in [0, 0.05) is 58.1 Å². The highest BCUT2D eigenvalue weighted by molar-refractivity contribution is 5.76. The molecule has 0 aromatic carbocycles. The van der Waals surface area contributed by atoms with E-state index in [1.165, 1.54) is 24.9 Å². The van der Waals surface area contributed by atoms with E-state index in [0.29, 0.717) is 11.8 Å². The maximum Gasteiger partial charge on any atom is 0.222 e. The number of hydrogen-bond donors (Lipinski definition) is 0. The summed E-state index contributed by atoms with van der Waals surface area (Å²) >= 11 is 0. The zero-order valence-corrected chi connectivity index (χ0v) is 15.6. The average Bonchev–Trinajstić information content (AvgIpc) is 2.86. The molecular formula is C20H32N4O. The molecule has 0 aliphatic carbocycles. The Morgan fingerprint density at radius 2 is 1.96 bits per heavy atom. The van der Waals surface area contributed by atoms with Gasteiger partial charge in [0.2, 0.25) is 5.91 Å². The van der Waals surface area contributed by atoms with Crippen molar-refractivity contribution >= 4 is 5.91 Å². The van der Waals surface area contributed by atoms with Crippen LogP contribution in [0.5, 0.6) is 0 Å². The van der Waals surface area contributed by atoms with Crippen molar-refractivity contribution in [3.05, 3.63) is 30.1 Å². The summed E-state index contributed by atoms with van der Waals surface area (Å²) in [5.41, 5.74) is 1.30. The van der Waals surface area contributed by atoms with Gasteiger partial charge in [0.1, 0.15) is 0 Å². The van der Waals surface area contributed by atoms with Crippen LogP contribution in [-0.4, -0.2) is 71.9 Å². The molecule has 1 aromatic rings. The largest absolute Gasteiger partial charge is 0.341 e. The Kier molecular flexibility index (Phi) is 6.82. The van der Waals surface area contributed by atoms with E-state index in [2.05, 4.69) is 38.9 Å². The summed E-state index contributed by atoms with van der Waals surface area (Å²) in [6.45, 7) is 7.15. The number of carbonyl (C=O) groups is 1. The third-order valence-electron chi connectivity index (χ3n) is 5.59. The smallest absolute Gasteiger partial charge is 0.222 e. The van der Waals surface area contributed by atoms with Crippen molar-refractivity contribution in [3.8, 4) is 0 Å². The van der Waals surface area contributed by atoms with Gasteiger partial charge in [-0.1, -0.05) is 0 Å². The molecular weight excluding hydrogens is 312 g/mol. The van der Waals surface area contributed by atoms with Gasteiger partial charge in [0.25, 0.3) is 0 Å². The number of piperidine rings is 1. The van der Waals surface area contributed by atoms with E-state index in [1.54, 1.807) is 0 Å². The van der Waals surface area contributed by atoms with E-state index in [9.17, 15) is 4.79 Å². The third-order valence-corrected chi connectivity index (χ3v) is 5.59. The second-order valence-electron chi connectivity index (χ2n) is 7.68. The van der Waals surface area contributed by atoms with Gasteiger partial charge in [0.15, 0.2) is 0 Å². The highest BCUT2D eigenvalue weighted by Crippen LogP contribution is 2.20. The molecule has 2 aliphatic heterocycles. The molecule has 2 fully saturated rings.